The van der Waals surface area contributed by atoms with Gasteiger partial charge in [0.2, 0.25) is 11.8 Å². The molecule has 1 aromatic heterocycles. The Morgan fingerprint density at radius 2 is 1.85 bits per heavy atom. The number of benzene rings is 1. The zero-order valence-electron chi connectivity index (χ0n) is 15.4. The van der Waals surface area contributed by atoms with E-state index < -0.39 is 12.0 Å². The third-order valence-electron chi connectivity index (χ3n) is 3.49. The Balaban J connectivity index is 2.01. The molecule has 2 N–H and O–H groups in total. The summed E-state index contributed by atoms with van der Waals surface area (Å²) in [7, 11) is 0. The lowest BCUT2D eigenvalue weighted by molar-refractivity contribution is -0.130. The fourth-order valence-electron chi connectivity index (χ4n) is 2.10. The summed E-state index contributed by atoms with van der Waals surface area (Å²) < 4.78 is 28.7. The third-order valence-corrected chi connectivity index (χ3v) is 4.37. The van der Waals surface area contributed by atoms with E-state index in [0.29, 0.717) is 16.4 Å². The molecule has 0 radical (unpaired) electrons. The molecule has 0 aliphatic rings. The fourth-order valence-corrected chi connectivity index (χ4v) is 2.95. The molecule has 2 amide bonds. The lowest BCUT2D eigenvalue weighted by atomic mass is 9.96. The molecule has 9 heteroatoms. The second-order valence-corrected chi connectivity index (χ2v) is 8.01. The second-order valence-electron chi connectivity index (χ2n) is 6.81. The van der Waals surface area contributed by atoms with Gasteiger partial charge in [-0.25, -0.2) is 4.98 Å². The predicted octanol–water partition coefficient (Wildman–Crippen LogP) is 3.82. The molecule has 2 aromatic rings. The van der Waals surface area contributed by atoms with Crippen molar-refractivity contribution in [1.82, 2.24) is 10.3 Å². The summed E-state index contributed by atoms with van der Waals surface area (Å²) >= 11 is 1.29. The third kappa shape index (κ3) is 5.99. The number of carbonyl (C=O) groups is 2. The fraction of sp³-hybridized carbons (Fsp3) is 0.389. The molecule has 27 heavy (non-hydrogen) atoms. The molecule has 0 bridgehead atoms. The highest BCUT2D eigenvalue weighted by Gasteiger charge is 2.21. The summed E-state index contributed by atoms with van der Waals surface area (Å²) in [5.74, 6) is -0.543. The minimum Gasteiger partial charge on any atom is -0.435 e. The van der Waals surface area contributed by atoms with Gasteiger partial charge in [0.1, 0.15) is 5.75 Å². The Morgan fingerprint density at radius 3 is 2.41 bits per heavy atom. The van der Waals surface area contributed by atoms with E-state index in [-0.39, 0.29) is 24.1 Å². The van der Waals surface area contributed by atoms with Crippen LogP contribution in [-0.2, 0) is 9.59 Å². The van der Waals surface area contributed by atoms with E-state index in [0.717, 1.165) is 4.88 Å². The van der Waals surface area contributed by atoms with Gasteiger partial charge in [0.05, 0.1) is 12.2 Å². The van der Waals surface area contributed by atoms with Crippen molar-refractivity contribution in [2.75, 3.05) is 11.9 Å². The number of hydrogen-bond acceptors (Lipinski definition) is 5. The molecule has 1 aromatic carbocycles. The maximum Gasteiger partial charge on any atom is 0.387 e. The van der Waals surface area contributed by atoms with Crippen LogP contribution in [0.2, 0.25) is 0 Å². The molecule has 0 saturated carbocycles. The van der Waals surface area contributed by atoms with Crippen LogP contribution in [0.4, 0.5) is 13.9 Å². The van der Waals surface area contributed by atoms with Gasteiger partial charge < -0.3 is 15.4 Å². The van der Waals surface area contributed by atoms with Crippen molar-refractivity contribution in [3.63, 3.8) is 0 Å². The number of alkyl halides is 2. The van der Waals surface area contributed by atoms with Crippen LogP contribution >= 0.6 is 11.3 Å². The number of hydrogen-bond donors (Lipinski definition) is 2. The number of nitrogens with one attached hydrogen (secondary N) is 2. The van der Waals surface area contributed by atoms with Crippen LogP contribution < -0.4 is 15.4 Å². The summed E-state index contributed by atoms with van der Waals surface area (Å²) in [4.78, 5) is 29.0. The first-order valence-electron chi connectivity index (χ1n) is 8.17. The molecule has 6 nitrogen and oxygen atoms in total. The Bertz CT molecular complexity index is 814. The molecule has 1 heterocycles. The zero-order chi connectivity index (χ0) is 20.2. The number of aromatic nitrogens is 1. The maximum atomic E-state index is 12.2. The number of rotatable bonds is 6. The number of anilines is 1. The SMILES string of the molecule is Cc1sc(NC(=O)CNC(=O)C(C)(C)C)nc1-c1ccc(OC(F)F)cc1. The van der Waals surface area contributed by atoms with E-state index in [4.69, 9.17) is 0 Å². The lowest BCUT2D eigenvalue weighted by Gasteiger charge is -2.17. The predicted molar refractivity (Wildman–Crippen MR) is 100 cm³/mol. The maximum absolute atomic E-state index is 12.2. The van der Waals surface area contributed by atoms with Gasteiger partial charge in [-0.2, -0.15) is 8.78 Å². The number of aryl methyl sites for hydroxylation is 1. The van der Waals surface area contributed by atoms with Crippen LogP contribution in [0.15, 0.2) is 24.3 Å². The normalized spacial score (nSPS) is 11.4. The van der Waals surface area contributed by atoms with Crippen LogP contribution in [0.25, 0.3) is 11.3 Å². The number of amides is 2. The molecule has 0 spiro atoms. The smallest absolute Gasteiger partial charge is 0.387 e. The Hall–Kier alpha value is -2.55. The first-order chi connectivity index (χ1) is 12.6. The van der Waals surface area contributed by atoms with Gasteiger partial charge in [-0.15, -0.1) is 11.3 Å². The molecule has 0 unspecified atom stereocenters. The van der Waals surface area contributed by atoms with E-state index >= 15 is 0 Å². The molecule has 2 rings (SSSR count). The molecule has 0 saturated heterocycles. The van der Waals surface area contributed by atoms with Crippen LogP contribution in [0.3, 0.4) is 0 Å². The molecular weight excluding hydrogens is 376 g/mol. The van der Waals surface area contributed by atoms with Crippen LogP contribution in [-0.4, -0.2) is 30.0 Å². The summed E-state index contributed by atoms with van der Waals surface area (Å²) in [6.07, 6.45) is 0. The Kier molecular flexibility index (Phi) is 6.48. The van der Waals surface area contributed by atoms with E-state index in [1.54, 1.807) is 32.9 Å². The standard InChI is InChI=1S/C18H21F2N3O3S/c1-10-14(11-5-7-12(8-6-11)26-16(19)20)23-17(27-10)22-13(24)9-21-15(25)18(2,3)4/h5-8,16H,9H2,1-4H3,(H,21,25)(H,22,23,24). The number of ether oxygens (including phenoxy) is 1. The van der Waals surface area contributed by atoms with Crippen molar-refractivity contribution < 1.29 is 23.1 Å². The number of thiazole rings is 1. The highest BCUT2D eigenvalue weighted by Crippen LogP contribution is 2.31. The molecule has 0 atom stereocenters. The molecule has 0 aliphatic carbocycles. The highest BCUT2D eigenvalue weighted by atomic mass is 32.1. The first-order valence-corrected chi connectivity index (χ1v) is 8.98. The first kappa shape index (κ1) is 20.8. The summed E-state index contributed by atoms with van der Waals surface area (Å²) in [5, 5.41) is 5.61. The summed E-state index contributed by atoms with van der Waals surface area (Å²) in [6.45, 7) is 4.09. The van der Waals surface area contributed by atoms with Crippen molar-refractivity contribution in [3.8, 4) is 17.0 Å². The molecular formula is C18H21F2N3O3S. The van der Waals surface area contributed by atoms with Gasteiger partial charge >= 0.3 is 6.61 Å². The van der Waals surface area contributed by atoms with E-state index in [1.807, 2.05) is 6.92 Å². The van der Waals surface area contributed by atoms with E-state index in [2.05, 4.69) is 20.4 Å². The summed E-state index contributed by atoms with van der Waals surface area (Å²) in [5.41, 5.74) is 0.773. The van der Waals surface area contributed by atoms with Crippen molar-refractivity contribution in [2.24, 2.45) is 5.41 Å². The number of nitrogens with zero attached hydrogens (tertiary/aromatic N) is 1. The minimum absolute atomic E-state index is 0.0600. The van der Waals surface area contributed by atoms with Gasteiger partial charge in [-0.05, 0) is 31.2 Å². The molecule has 0 fully saturated rings. The van der Waals surface area contributed by atoms with Gasteiger partial charge in [-0.1, -0.05) is 20.8 Å². The highest BCUT2D eigenvalue weighted by molar-refractivity contribution is 7.16. The molecule has 0 aliphatic heterocycles. The second kappa shape index (κ2) is 8.43. The zero-order valence-corrected chi connectivity index (χ0v) is 16.2. The topological polar surface area (TPSA) is 80.3 Å². The van der Waals surface area contributed by atoms with Crippen molar-refractivity contribution in [3.05, 3.63) is 29.1 Å². The van der Waals surface area contributed by atoms with E-state index in [1.165, 1.54) is 23.5 Å². The molecule has 146 valence electrons. The average Bonchev–Trinajstić information content (AvgIpc) is 2.92. The van der Waals surface area contributed by atoms with Crippen molar-refractivity contribution in [1.29, 1.82) is 0 Å². The summed E-state index contributed by atoms with van der Waals surface area (Å²) in [6, 6.07) is 6.10. The van der Waals surface area contributed by atoms with Crippen LogP contribution in [0.1, 0.15) is 25.6 Å². The van der Waals surface area contributed by atoms with Gasteiger partial charge in [-0.3, -0.25) is 9.59 Å². The van der Waals surface area contributed by atoms with Crippen molar-refractivity contribution >= 4 is 28.3 Å². The van der Waals surface area contributed by atoms with Crippen LogP contribution in [0, 0.1) is 12.3 Å². The van der Waals surface area contributed by atoms with Gasteiger partial charge in [0.25, 0.3) is 0 Å². The van der Waals surface area contributed by atoms with Gasteiger partial charge in [0, 0.05) is 15.9 Å². The monoisotopic (exact) mass is 397 g/mol. The lowest BCUT2D eigenvalue weighted by Crippen LogP contribution is -2.39. The largest absolute Gasteiger partial charge is 0.435 e. The Labute approximate surface area is 160 Å². The number of carbonyl (C=O) groups excluding carboxylic acids is 2. The minimum atomic E-state index is -2.88. The quantitative estimate of drug-likeness (QED) is 0.777. The van der Waals surface area contributed by atoms with Crippen LogP contribution in [0.5, 0.6) is 5.75 Å². The van der Waals surface area contributed by atoms with E-state index in [9.17, 15) is 18.4 Å². The number of halogens is 2. The van der Waals surface area contributed by atoms with Crippen molar-refractivity contribution in [2.45, 2.75) is 34.3 Å². The Morgan fingerprint density at radius 1 is 1.22 bits per heavy atom. The van der Waals surface area contributed by atoms with Gasteiger partial charge in [0.15, 0.2) is 5.13 Å². The average molecular weight is 397 g/mol.